The van der Waals surface area contributed by atoms with Crippen LogP contribution in [0.15, 0.2) is 70.9 Å². The molecular formula is C21H19Cl4N7OZn. The molecular weight excluding hydrogens is 573 g/mol. The van der Waals surface area contributed by atoms with E-state index in [1.807, 2.05) is 50.2 Å². The Morgan fingerprint density at radius 3 is 1.88 bits per heavy atom. The summed E-state index contributed by atoms with van der Waals surface area (Å²) < 4.78 is 5.48. The fraction of sp³-hybridized carbons (Fsp3) is 0.143. The predicted molar refractivity (Wildman–Crippen MR) is 112 cm³/mol. The second-order valence-corrected chi connectivity index (χ2v) is 6.16. The van der Waals surface area contributed by atoms with Crippen LogP contribution in [0.1, 0.15) is 12.5 Å². The van der Waals surface area contributed by atoms with Gasteiger partial charge in [-0.15, -0.1) is 0 Å². The van der Waals surface area contributed by atoms with Gasteiger partial charge in [0, 0.05) is 35.6 Å². The van der Waals surface area contributed by atoms with Gasteiger partial charge in [-0.1, -0.05) is 0 Å². The van der Waals surface area contributed by atoms with Gasteiger partial charge in [0.05, 0.1) is 18.0 Å². The summed E-state index contributed by atoms with van der Waals surface area (Å²) in [5.41, 5.74) is 4.77. The zero-order chi connectivity index (χ0) is 20.6. The average Bonchev–Trinajstić information content (AvgIpc) is 2.75. The molecule has 0 unspecified atom stereocenters. The van der Waals surface area contributed by atoms with E-state index in [9.17, 15) is 0 Å². The fourth-order valence-electron chi connectivity index (χ4n) is 2.62. The molecule has 0 atom stereocenters. The number of hydrogen-bond acceptors (Lipinski definition) is 6. The Kier molecular flexibility index (Phi) is 19.0. The molecule has 174 valence electrons. The van der Waals surface area contributed by atoms with Gasteiger partial charge in [0.15, 0.2) is 9.95 Å². The Bertz CT molecular complexity index is 1130. The molecule has 8 nitrogen and oxygen atoms in total. The summed E-state index contributed by atoms with van der Waals surface area (Å²) in [6.07, 6.45) is 0. The molecule has 0 aliphatic rings. The molecule has 1 N–H and O–H groups in total. The molecule has 0 aromatic heterocycles. The van der Waals surface area contributed by atoms with Gasteiger partial charge < -0.3 is 59.7 Å². The first kappa shape index (κ1) is 36.1. The smallest absolute Gasteiger partial charge is 1.00 e. The van der Waals surface area contributed by atoms with E-state index in [1.165, 1.54) is 0 Å². The van der Waals surface area contributed by atoms with E-state index in [-0.39, 0.29) is 69.1 Å². The first-order valence-corrected chi connectivity index (χ1v) is 8.99. The molecule has 0 aliphatic carbocycles. The second kappa shape index (κ2) is 17.9. The Morgan fingerprint density at radius 1 is 0.824 bits per heavy atom. The number of halogens is 4. The van der Waals surface area contributed by atoms with Gasteiger partial charge in [0.25, 0.3) is 0 Å². The third-order valence-corrected chi connectivity index (χ3v) is 4.10. The zero-order valence-electron chi connectivity index (χ0n) is 18.3. The third kappa shape index (κ3) is 9.77. The number of azo groups is 1. The number of aryl methyl sites for hydroxylation is 1. The Morgan fingerprint density at radius 2 is 1.38 bits per heavy atom. The maximum Gasteiger partial charge on any atom is 2.00 e. The van der Waals surface area contributed by atoms with Crippen molar-refractivity contribution in [2.45, 2.75) is 13.8 Å². The number of diazo groups is 2. The van der Waals surface area contributed by atoms with Gasteiger partial charge in [-0.05, 0) is 55.8 Å². The van der Waals surface area contributed by atoms with Crippen LogP contribution in [0.25, 0.3) is 9.95 Å². The van der Waals surface area contributed by atoms with Crippen molar-refractivity contribution in [1.29, 1.82) is 10.8 Å². The largest absolute Gasteiger partial charge is 2.00 e. The monoisotopic (exact) mass is 589 g/mol. The second-order valence-electron chi connectivity index (χ2n) is 6.16. The van der Waals surface area contributed by atoms with E-state index >= 15 is 0 Å². The van der Waals surface area contributed by atoms with Crippen LogP contribution in [0.5, 0.6) is 5.75 Å². The topological polar surface area (TPSA) is 102 Å². The first-order chi connectivity index (χ1) is 14.1. The summed E-state index contributed by atoms with van der Waals surface area (Å²) in [6, 6.07) is 17.9. The first-order valence-electron chi connectivity index (χ1n) is 8.99. The molecule has 0 saturated carbocycles. The summed E-state index contributed by atoms with van der Waals surface area (Å²) in [4.78, 5) is 6.37. The fourth-order valence-corrected chi connectivity index (χ4v) is 2.62. The van der Waals surface area contributed by atoms with Crippen molar-refractivity contribution < 1.29 is 73.8 Å². The van der Waals surface area contributed by atoms with Crippen LogP contribution in [0.3, 0.4) is 0 Å². The summed E-state index contributed by atoms with van der Waals surface area (Å²) in [5.74, 6) is 0.453. The SMILES string of the molecule is CCOc1cc(N=Nc2ccc(Nc3ccc([N+]#N)cc3)cc2)c(C)cc1[N+]#N.[Cl-].[Cl-].[Cl-].[Cl-].[Zn+2]. The average molecular weight is 593 g/mol. The van der Waals surface area contributed by atoms with E-state index in [2.05, 4.69) is 25.5 Å². The van der Waals surface area contributed by atoms with Crippen LogP contribution in [0, 0.1) is 17.7 Å². The molecule has 34 heavy (non-hydrogen) atoms. The number of anilines is 2. The van der Waals surface area contributed by atoms with E-state index in [0.717, 1.165) is 16.9 Å². The number of hydrogen-bond donors (Lipinski definition) is 1. The minimum atomic E-state index is 0. The van der Waals surface area contributed by atoms with Crippen molar-refractivity contribution in [3.63, 3.8) is 0 Å². The van der Waals surface area contributed by atoms with E-state index in [1.54, 1.807) is 24.3 Å². The van der Waals surface area contributed by atoms with Crippen molar-refractivity contribution in [2.75, 3.05) is 11.9 Å². The van der Waals surface area contributed by atoms with Crippen molar-refractivity contribution in [2.24, 2.45) is 10.2 Å². The summed E-state index contributed by atoms with van der Waals surface area (Å²) in [5, 5.41) is 29.6. The van der Waals surface area contributed by atoms with Crippen LogP contribution in [0.4, 0.5) is 34.1 Å². The molecule has 0 aliphatic heterocycles. The Labute approximate surface area is 235 Å². The number of benzene rings is 3. The summed E-state index contributed by atoms with van der Waals surface area (Å²) >= 11 is 0. The van der Waals surface area contributed by atoms with Gasteiger partial charge in [0.1, 0.15) is 0 Å². The van der Waals surface area contributed by atoms with Crippen molar-refractivity contribution in [3.05, 3.63) is 76.2 Å². The molecule has 3 aromatic carbocycles. The Hall–Kier alpha value is -2.52. The molecule has 0 bridgehead atoms. The van der Waals surface area contributed by atoms with E-state index in [4.69, 9.17) is 15.5 Å². The molecule has 0 amide bonds. The minimum absolute atomic E-state index is 0. The summed E-state index contributed by atoms with van der Waals surface area (Å²) in [6.45, 7) is 4.17. The molecule has 13 heteroatoms. The van der Waals surface area contributed by atoms with Crippen molar-refractivity contribution in [3.8, 4) is 5.75 Å². The zero-order valence-corrected chi connectivity index (χ0v) is 24.3. The normalized spacial score (nSPS) is 8.82. The van der Waals surface area contributed by atoms with Gasteiger partial charge in [-0.2, -0.15) is 10.2 Å². The molecule has 0 saturated heterocycles. The van der Waals surface area contributed by atoms with Gasteiger partial charge in [0.2, 0.25) is 16.5 Å². The van der Waals surface area contributed by atoms with Gasteiger partial charge in [-0.3, -0.25) is 0 Å². The third-order valence-electron chi connectivity index (χ3n) is 4.10. The standard InChI is InChI=1S/C21H19N7O.4ClH.Zn/c1-3-29-21-13-19(14(2)12-20(21)26-23)28-27-18-10-6-16(7-11-18)24-15-4-8-17(25-22)9-5-15;;;;;/h4-13,24H,3H2,1-2H3;4*1H;/q+2;;;;;+2/p-4. The molecule has 0 spiro atoms. The van der Waals surface area contributed by atoms with Crippen molar-refractivity contribution >= 4 is 34.1 Å². The molecule has 0 heterocycles. The number of nitrogens with zero attached hydrogens (tertiary/aromatic N) is 6. The van der Waals surface area contributed by atoms with Crippen LogP contribution in [0.2, 0.25) is 0 Å². The quantitative estimate of drug-likeness (QED) is 0.177. The van der Waals surface area contributed by atoms with Crippen LogP contribution in [-0.2, 0) is 19.5 Å². The number of rotatable bonds is 6. The molecule has 0 fully saturated rings. The number of nitrogens with one attached hydrogen (secondary N) is 1. The van der Waals surface area contributed by atoms with Crippen LogP contribution in [-0.4, -0.2) is 6.61 Å². The van der Waals surface area contributed by atoms with Crippen molar-refractivity contribution in [1.82, 2.24) is 0 Å². The van der Waals surface area contributed by atoms with E-state index < -0.39 is 0 Å². The molecule has 0 radical (unpaired) electrons. The van der Waals surface area contributed by atoms with E-state index in [0.29, 0.717) is 35.1 Å². The van der Waals surface area contributed by atoms with Crippen LogP contribution < -0.4 is 59.7 Å². The maximum atomic E-state index is 9.10. The predicted octanol–water partition coefficient (Wildman–Crippen LogP) is -4.46. The van der Waals surface area contributed by atoms with Gasteiger partial charge in [-0.25, -0.2) is 0 Å². The minimum Gasteiger partial charge on any atom is -1.00 e. The number of ether oxygens (including phenoxy) is 1. The molecule has 3 rings (SSSR count). The van der Waals surface area contributed by atoms with Gasteiger partial charge >= 0.3 is 30.9 Å². The maximum absolute atomic E-state index is 9.10. The summed E-state index contributed by atoms with van der Waals surface area (Å²) in [7, 11) is 0. The Balaban J connectivity index is -0.00000192. The van der Waals surface area contributed by atoms with Crippen LogP contribution >= 0.6 is 0 Å². The molecule has 3 aromatic rings.